The average Bonchev–Trinajstić information content (AvgIpc) is 3.19. The van der Waals surface area contributed by atoms with E-state index < -0.39 is 6.04 Å². The highest BCUT2D eigenvalue weighted by atomic mass is 16.2. The van der Waals surface area contributed by atoms with Gasteiger partial charge in [0.25, 0.3) is 5.91 Å². The van der Waals surface area contributed by atoms with E-state index in [1.54, 1.807) is 29.2 Å². The van der Waals surface area contributed by atoms with Crippen molar-refractivity contribution in [1.29, 1.82) is 0 Å². The van der Waals surface area contributed by atoms with Crippen molar-refractivity contribution in [2.45, 2.75) is 25.3 Å². The Hall–Kier alpha value is -3.15. The van der Waals surface area contributed by atoms with E-state index in [9.17, 15) is 14.4 Å². The largest absolute Gasteiger partial charge is 0.354 e. The fraction of sp³-hybridized carbons (Fsp3) is 0.318. The van der Waals surface area contributed by atoms with Crippen LogP contribution in [0, 0.1) is 0 Å². The Morgan fingerprint density at radius 1 is 1.04 bits per heavy atom. The van der Waals surface area contributed by atoms with E-state index in [1.807, 2.05) is 30.3 Å². The summed E-state index contributed by atoms with van der Waals surface area (Å²) < 4.78 is 0. The molecule has 1 atom stereocenters. The molecular weight excluding hydrogens is 354 g/mol. The second kappa shape index (κ2) is 7.84. The Bertz CT molecular complexity index is 897. The van der Waals surface area contributed by atoms with Crippen LogP contribution in [0.15, 0.2) is 54.6 Å². The number of benzene rings is 2. The molecule has 2 aromatic carbocycles. The topological polar surface area (TPSA) is 69.7 Å². The molecule has 0 radical (unpaired) electrons. The molecule has 6 heteroatoms. The first-order valence-corrected chi connectivity index (χ1v) is 9.67. The third-order valence-electron chi connectivity index (χ3n) is 5.37. The fourth-order valence-electron chi connectivity index (χ4n) is 3.96. The number of anilines is 1. The predicted octanol–water partition coefficient (Wildman–Crippen LogP) is 2.00. The molecule has 1 fully saturated rings. The number of amides is 3. The second-order valence-corrected chi connectivity index (χ2v) is 7.18. The van der Waals surface area contributed by atoms with Gasteiger partial charge in [-0.3, -0.25) is 14.4 Å². The summed E-state index contributed by atoms with van der Waals surface area (Å²) in [6, 6.07) is 16.5. The van der Waals surface area contributed by atoms with E-state index in [2.05, 4.69) is 5.32 Å². The van der Waals surface area contributed by atoms with Crippen LogP contribution in [-0.4, -0.2) is 48.3 Å². The van der Waals surface area contributed by atoms with Gasteiger partial charge in [0.1, 0.15) is 12.6 Å². The molecule has 2 heterocycles. The minimum absolute atomic E-state index is 0.0811. The summed E-state index contributed by atoms with van der Waals surface area (Å²) in [6.45, 7) is 1.00. The first kappa shape index (κ1) is 18.2. The van der Waals surface area contributed by atoms with Gasteiger partial charge in [-0.1, -0.05) is 42.5 Å². The molecule has 0 aromatic heterocycles. The molecule has 144 valence electrons. The summed E-state index contributed by atoms with van der Waals surface area (Å²) in [6.07, 6.45) is 2.18. The van der Waals surface area contributed by atoms with Crippen molar-refractivity contribution in [3.05, 3.63) is 65.7 Å². The van der Waals surface area contributed by atoms with Crippen molar-refractivity contribution >= 4 is 23.4 Å². The smallest absolute Gasteiger partial charge is 0.256 e. The predicted molar refractivity (Wildman–Crippen MR) is 106 cm³/mol. The lowest BCUT2D eigenvalue weighted by Gasteiger charge is -2.25. The molecule has 2 aliphatic rings. The van der Waals surface area contributed by atoms with Gasteiger partial charge >= 0.3 is 0 Å². The minimum Gasteiger partial charge on any atom is -0.354 e. The molecule has 28 heavy (non-hydrogen) atoms. The van der Waals surface area contributed by atoms with Gasteiger partial charge in [0.15, 0.2) is 0 Å². The van der Waals surface area contributed by atoms with Gasteiger partial charge in [-0.2, -0.15) is 0 Å². The third kappa shape index (κ3) is 3.50. The molecule has 2 aliphatic heterocycles. The number of rotatable bonds is 5. The number of nitrogens with zero attached hydrogens (tertiary/aromatic N) is 2. The lowest BCUT2D eigenvalue weighted by Crippen LogP contribution is -2.48. The van der Waals surface area contributed by atoms with Crippen LogP contribution in [0.3, 0.4) is 0 Å². The Labute approximate surface area is 164 Å². The highest BCUT2D eigenvalue weighted by Gasteiger charge is 2.42. The minimum atomic E-state index is -0.475. The third-order valence-corrected chi connectivity index (χ3v) is 5.37. The quantitative estimate of drug-likeness (QED) is 0.866. The number of carbonyl (C=O) groups excluding carboxylic acids is 3. The number of nitrogens with one attached hydrogen (secondary N) is 1. The molecule has 0 bridgehead atoms. The van der Waals surface area contributed by atoms with Gasteiger partial charge in [0, 0.05) is 13.1 Å². The first-order valence-electron chi connectivity index (χ1n) is 9.67. The van der Waals surface area contributed by atoms with Crippen molar-refractivity contribution in [3.8, 4) is 0 Å². The fourth-order valence-corrected chi connectivity index (χ4v) is 3.96. The van der Waals surface area contributed by atoms with Gasteiger partial charge in [-0.25, -0.2) is 0 Å². The van der Waals surface area contributed by atoms with Crippen LogP contribution >= 0.6 is 0 Å². The molecule has 0 spiro atoms. The molecule has 4 rings (SSSR count). The number of hydrogen-bond donors (Lipinski definition) is 1. The number of para-hydroxylation sites is 1. The normalized spacial score (nSPS) is 18.5. The van der Waals surface area contributed by atoms with E-state index >= 15 is 0 Å². The van der Waals surface area contributed by atoms with E-state index in [1.165, 1.54) is 4.90 Å². The standard InChI is InChI=1S/C22H23N3O3/c26-20(23-13-12-16-7-2-1-3-8-16)15-25-18-10-5-4-9-17(18)21(27)24-14-6-11-19(24)22(25)28/h1-5,7-10,19H,6,11-15H2,(H,23,26)/t19-/m0/s1. The van der Waals surface area contributed by atoms with Crippen molar-refractivity contribution in [1.82, 2.24) is 10.2 Å². The lowest BCUT2D eigenvalue weighted by atomic mass is 10.1. The molecule has 1 N–H and O–H groups in total. The zero-order valence-corrected chi connectivity index (χ0v) is 15.6. The van der Waals surface area contributed by atoms with Crippen LogP contribution in [0.1, 0.15) is 28.8 Å². The maximum atomic E-state index is 13.1. The zero-order valence-electron chi connectivity index (χ0n) is 15.6. The molecule has 3 amide bonds. The lowest BCUT2D eigenvalue weighted by molar-refractivity contribution is -0.125. The summed E-state index contributed by atoms with van der Waals surface area (Å²) in [4.78, 5) is 41.6. The van der Waals surface area contributed by atoms with E-state index in [0.717, 1.165) is 18.4 Å². The van der Waals surface area contributed by atoms with E-state index in [-0.39, 0.29) is 24.3 Å². The molecule has 0 unspecified atom stereocenters. The summed E-state index contributed by atoms with van der Waals surface area (Å²) in [5, 5.41) is 2.89. The highest BCUT2D eigenvalue weighted by Crippen LogP contribution is 2.32. The Morgan fingerprint density at radius 3 is 2.61 bits per heavy atom. The highest BCUT2D eigenvalue weighted by molar-refractivity contribution is 6.12. The Kier molecular flexibility index (Phi) is 5.10. The Balaban J connectivity index is 1.49. The maximum absolute atomic E-state index is 13.1. The van der Waals surface area contributed by atoms with Crippen LogP contribution < -0.4 is 10.2 Å². The first-order chi connectivity index (χ1) is 13.6. The zero-order chi connectivity index (χ0) is 19.5. The van der Waals surface area contributed by atoms with Gasteiger partial charge in [-0.05, 0) is 37.0 Å². The molecule has 2 aromatic rings. The van der Waals surface area contributed by atoms with Gasteiger partial charge < -0.3 is 15.1 Å². The number of hydrogen-bond acceptors (Lipinski definition) is 3. The van der Waals surface area contributed by atoms with Gasteiger partial charge in [-0.15, -0.1) is 0 Å². The van der Waals surface area contributed by atoms with Gasteiger partial charge in [0.2, 0.25) is 11.8 Å². The monoisotopic (exact) mass is 377 g/mol. The van der Waals surface area contributed by atoms with Crippen LogP contribution in [0.4, 0.5) is 5.69 Å². The SMILES string of the molecule is O=C(CN1C(=O)[C@@H]2CCCN2C(=O)c2ccccc21)NCCc1ccccc1. The van der Waals surface area contributed by atoms with Crippen molar-refractivity contribution in [3.63, 3.8) is 0 Å². The molecule has 1 saturated heterocycles. The summed E-state index contributed by atoms with van der Waals surface area (Å²) in [5.41, 5.74) is 2.15. The number of fused-ring (bicyclic) bond motifs is 2. The average molecular weight is 377 g/mol. The molecule has 0 aliphatic carbocycles. The van der Waals surface area contributed by atoms with Crippen LogP contribution in [-0.2, 0) is 16.0 Å². The van der Waals surface area contributed by atoms with E-state index in [0.29, 0.717) is 30.8 Å². The second-order valence-electron chi connectivity index (χ2n) is 7.18. The van der Waals surface area contributed by atoms with Crippen LogP contribution in [0.25, 0.3) is 0 Å². The Morgan fingerprint density at radius 2 is 1.79 bits per heavy atom. The van der Waals surface area contributed by atoms with Gasteiger partial charge in [0.05, 0.1) is 11.3 Å². The van der Waals surface area contributed by atoms with Crippen LogP contribution in [0.5, 0.6) is 0 Å². The summed E-state index contributed by atoms with van der Waals surface area (Å²) >= 11 is 0. The summed E-state index contributed by atoms with van der Waals surface area (Å²) in [5.74, 6) is -0.523. The number of carbonyl (C=O) groups is 3. The summed E-state index contributed by atoms with van der Waals surface area (Å²) in [7, 11) is 0. The molecule has 6 nitrogen and oxygen atoms in total. The van der Waals surface area contributed by atoms with Crippen molar-refractivity contribution in [2.75, 3.05) is 24.5 Å². The molecular formula is C22H23N3O3. The van der Waals surface area contributed by atoms with Crippen LogP contribution in [0.2, 0.25) is 0 Å². The molecule has 0 saturated carbocycles. The maximum Gasteiger partial charge on any atom is 0.256 e. The van der Waals surface area contributed by atoms with Crippen molar-refractivity contribution < 1.29 is 14.4 Å². The van der Waals surface area contributed by atoms with Crippen molar-refractivity contribution in [2.24, 2.45) is 0 Å². The van der Waals surface area contributed by atoms with E-state index in [4.69, 9.17) is 0 Å².